The molecule has 0 radical (unpaired) electrons. The zero-order valence-electron chi connectivity index (χ0n) is 21.8. The number of carbonyl (C=O) groups excluding carboxylic acids is 3. The van der Waals surface area contributed by atoms with E-state index in [0.717, 1.165) is 22.5 Å². The van der Waals surface area contributed by atoms with Crippen molar-refractivity contribution >= 4 is 57.6 Å². The standard InChI is InChI=1S/C28H28ClN5O5S/c1-18(35)33-12-10-28(16-33)17-34(27(39)31-26-30-14-23(29)40-26)22-8-7-20(13-21(22)28)25(38)32(11-9-24(36)37)15-19-5-3-2-4-6-19/h2-8,13-14H,9-12,15-17H2,1H3,(H,36,37)(H,30,31,39). The largest absolute Gasteiger partial charge is 0.481 e. The van der Waals surface area contributed by atoms with Gasteiger partial charge in [-0.15, -0.1) is 0 Å². The minimum absolute atomic E-state index is 0.0475. The first-order chi connectivity index (χ1) is 19.1. The van der Waals surface area contributed by atoms with E-state index in [1.807, 2.05) is 30.3 Å². The maximum atomic E-state index is 13.8. The number of nitrogens with zero attached hydrogens (tertiary/aromatic N) is 4. The molecule has 2 aromatic carbocycles. The van der Waals surface area contributed by atoms with Gasteiger partial charge in [0, 0.05) is 56.3 Å². The molecule has 2 aliphatic heterocycles. The zero-order chi connectivity index (χ0) is 28.4. The Hall–Kier alpha value is -3.96. The predicted molar refractivity (Wildman–Crippen MR) is 152 cm³/mol. The molecule has 2 aliphatic rings. The Morgan fingerprint density at radius 2 is 1.93 bits per heavy atom. The van der Waals surface area contributed by atoms with Crippen LogP contribution in [0.25, 0.3) is 0 Å². The van der Waals surface area contributed by atoms with Crippen LogP contribution in [0.5, 0.6) is 0 Å². The molecule has 1 fully saturated rings. The summed E-state index contributed by atoms with van der Waals surface area (Å²) in [6.07, 6.45) is 1.92. The minimum atomic E-state index is -0.989. The second-order valence-corrected chi connectivity index (χ2v) is 11.7. The molecule has 40 heavy (non-hydrogen) atoms. The van der Waals surface area contributed by atoms with Gasteiger partial charge in [-0.05, 0) is 35.7 Å². The van der Waals surface area contributed by atoms with Crippen molar-refractivity contribution in [2.75, 3.05) is 36.4 Å². The van der Waals surface area contributed by atoms with Gasteiger partial charge in [-0.25, -0.2) is 9.78 Å². The number of benzene rings is 2. The highest BCUT2D eigenvalue weighted by Crippen LogP contribution is 2.47. The summed E-state index contributed by atoms with van der Waals surface area (Å²) >= 11 is 7.13. The molecule has 208 valence electrons. The Balaban J connectivity index is 1.48. The number of carboxylic acids is 1. The van der Waals surface area contributed by atoms with Crippen molar-refractivity contribution in [1.82, 2.24) is 14.8 Å². The number of carbonyl (C=O) groups is 4. The molecule has 1 aromatic heterocycles. The molecular formula is C28H28ClN5O5S. The third-order valence-corrected chi connectivity index (χ3v) is 8.43. The fourth-order valence-electron chi connectivity index (χ4n) is 5.41. The molecule has 1 atom stereocenters. The van der Waals surface area contributed by atoms with Gasteiger partial charge in [0.2, 0.25) is 5.91 Å². The van der Waals surface area contributed by atoms with Crippen LogP contribution in [0.3, 0.4) is 0 Å². The van der Waals surface area contributed by atoms with Gasteiger partial charge in [-0.3, -0.25) is 24.6 Å². The lowest BCUT2D eigenvalue weighted by atomic mass is 9.81. The number of carboxylic acid groups (broad SMARTS) is 1. The van der Waals surface area contributed by atoms with Gasteiger partial charge >= 0.3 is 12.0 Å². The summed E-state index contributed by atoms with van der Waals surface area (Å²) in [4.78, 5) is 59.7. The lowest BCUT2D eigenvalue weighted by Crippen LogP contribution is -2.41. The maximum absolute atomic E-state index is 13.8. The highest BCUT2D eigenvalue weighted by atomic mass is 35.5. The number of aliphatic carboxylic acids is 1. The summed E-state index contributed by atoms with van der Waals surface area (Å²) in [5.41, 5.74) is 2.21. The third-order valence-electron chi connectivity index (χ3n) is 7.40. The van der Waals surface area contributed by atoms with Crippen LogP contribution >= 0.6 is 22.9 Å². The molecule has 1 spiro atoms. The first-order valence-electron chi connectivity index (χ1n) is 12.8. The molecule has 5 rings (SSSR count). The maximum Gasteiger partial charge on any atom is 0.328 e. The topological polar surface area (TPSA) is 123 Å². The average Bonchev–Trinajstić information content (AvgIpc) is 3.64. The number of hydrogen-bond acceptors (Lipinski definition) is 6. The fourth-order valence-corrected chi connectivity index (χ4v) is 6.22. The van der Waals surface area contributed by atoms with Crippen LogP contribution in [0.2, 0.25) is 4.34 Å². The molecule has 2 N–H and O–H groups in total. The molecule has 0 saturated carbocycles. The van der Waals surface area contributed by atoms with Crippen molar-refractivity contribution in [3.8, 4) is 0 Å². The summed E-state index contributed by atoms with van der Waals surface area (Å²) in [5.74, 6) is -1.34. The van der Waals surface area contributed by atoms with Crippen molar-refractivity contribution in [2.24, 2.45) is 0 Å². The van der Waals surface area contributed by atoms with Crippen molar-refractivity contribution in [3.05, 3.63) is 75.8 Å². The number of nitrogens with one attached hydrogen (secondary N) is 1. The van der Waals surface area contributed by atoms with Crippen molar-refractivity contribution < 1.29 is 24.3 Å². The zero-order valence-corrected chi connectivity index (χ0v) is 23.4. The van der Waals surface area contributed by atoms with Crippen molar-refractivity contribution in [2.45, 2.75) is 31.7 Å². The molecule has 0 aliphatic carbocycles. The molecule has 12 heteroatoms. The van der Waals surface area contributed by atoms with Crippen LogP contribution in [-0.2, 0) is 21.5 Å². The fraction of sp³-hybridized carbons (Fsp3) is 0.321. The number of halogens is 1. The Kier molecular flexibility index (Phi) is 7.77. The second-order valence-electron chi connectivity index (χ2n) is 10.0. The smallest absolute Gasteiger partial charge is 0.328 e. The van der Waals surface area contributed by atoms with Crippen molar-refractivity contribution in [3.63, 3.8) is 0 Å². The molecule has 4 amide bonds. The molecule has 3 heterocycles. The summed E-state index contributed by atoms with van der Waals surface area (Å²) < 4.78 is 0.451. The third kappa shape index (κ3) is 5.66. The highest BCUT2D eigenvalue weighted by Gasteiger charge is 2.49. The summed E-state index contributed by atoms with van der Waals surface area (Å²) in [5, 5.41) is 12.4. The number of aromatic nitrogens is 1. The van der Waals surface area contributed by atoms with E-state index in [2.05, 4.69) is 10.3 Å². The van der Waals surface area contributed by atoms with Gasteiger partial charge in [-0.2, -0.15) is 0 Å². The number of amides is 4. The van der Waals surface area contributed by atoms with E-state index in [9.17, 15) is 24.3 Å². The minimum Gasteiger partial charge on any atom is -0.481 e. The van der Waals surface area contributed by atoms with Gasteiger partial charge in [0.05, 0.1) is 12.6 Å². The highest BCUT2D eigenvalue weighted by molar-refractivity contribution is 7.19. The lowest BCUT2D eigenvalue weighted by molar-refractivity contribution is -0.137. The van der Waals surface area contributed by atoms with E-state index in [4.69, 9.17) is 11.6 Å². The molecule has 1 unspecified atom stereocenters. The molecule has 3 aromatic rings. The average molecular weight is 582 g/mol. The number of urea groups is 1. The quantitative estimate of drug-likeness (QED) is 0.425. The van der Waals surface area contributed by atoms with Gasteiger partial charge < -0.3 is 14.9 Å². The first kappa shape index (κ1) is 27.6. The van der Waals surface area contributed by atoms with E-state index in [-0.39, 0.29) is 37.4 Å². The first-order valence-corrected chi connectivity index (χ1v) is 14.0. The van der Waals surface area contributed by atoms with Crippen LogP contribution < -0.4 is 10.2 Å². The Morgan fingerprint density at radius 1 is 1.15 bits per heavy atom. The van der Waals surface area contributed by atoms with E-state index in [0.29, 0.717) is 46.8 Å². The number of hydrogen-bond donors (Lipinski definition) is 2. The Labute approximate surface area is 240 Å². The SMILES string of the molecule is CC(=O)N1CCC2(C1)CN(C(=O)Nc1ncc(Cl)s1)c1ccc(C(=O)N(CCC(=O)O)Cc3ccccc3)cc12. The summed E-state index contributed by atoms with van der Waals surface area (Å²) in [6, 6.07) is 14.2. The van der Waals surface area contributed by atoms with E-state index in [1.165, 1.54) is 18.0 Å². The van der Waals surface area contributed by atoms with Crippen molar-refractivity contribution in [1.29, 1.82) is 0 Å². The Morgan fingerprint density at radius 3 is 2.58 bits per heavy atom. The molecular weight excluding hydrogens is 554 g/mol. The predicted octanol–water partition coefficient (Wildman–Crippen LogP) is 4.46. The normalized spacial score (nSPS) is 17.6. The van der Waals surface area contributed by atoms with Crippen LogP contribution in [0, 0.1) is 0 Å². The van der Waals surface area contributed by atoms with Crippen LogP contribution in [0.15, 0.2) is 54.7 Å². The number of likely N-dealkylation sites (tertiary alicyclic amines) is 1. The van der Waals surface area contributed by atoms with Gasteiger partial charge in [0.25, 0.3) is 5.91 Å². The van der Waals surface area contributed by atoms with E-state index >= 15 is 0 Å². The number of fused-ring (bicyclic) bond motifs is 2. The summed E-state index contributed by atoms with van der Waals surface area (Å²) in [6.45, 7) is 3.14. The molecule has 0 bridgehead atoms. The van der Waals surface area contributed by atoms with Gasteiger partial charge in [0.15, 0.2) is 5.13 Å². The molecule has 10 nitrogen and oxygen atoms in total. The Bertz CT molecular complexity index is 1460. The lowest BCUT2D eigenvalue weighted by Gasteiger charge is -2.26. The van der Waals surface area contributed by atoms with Crippen LogP contribution in [-0.4, -0.2) is 69.9 Å². The van der Waals surface area contributed by atoms with E-state index < -0.39 is 11.4 Å². The monoisotopic (exact) mass is 581 g/mol. The van der Waals surface area contributed by atoms with Crippen LogP contribution in [0.4, 0.5) is 15.6 Å². The number of thiazole rings is 1. The van der Waals surface area contributed by atoms with Crippen LogP contribution in [0.1, 0.15) is 41.3 Å². The molecule has 1 saturated heterocycles. The van der Waals surface area contributed by atoms with Gasteiger partial charge in [0.1, 0.15) is 4.34 Å². The summed E-state index contributed by atoms with van der Waals surface area (Å²) in [7, 11) is 0. The number of rotatable bonds is 7. The number of anilines is 2. The second kappa shape index (κ2) is 11.3. The van der Waals surface area contributed by atoms with Gasteiger partial charge in [-0.1, -0.05) is 53.3 Å². The van der Waals surface area contributed by atoms with E-state index in [1.54, 1.807) is 28.0 Å².